The van der Waals surface area contributed by atoms with Crippen LogP contribution >= 0.6 is 23.2 Å². The van der Waals surface area contributed by atoms with Crippen molar-refractivity contribution in [3.8, 4) is 0 Å². The van der Waals surface area contributed by atoms with Crippen LogP contribution in [0.1, 0.15) is 37.8 Å². The second-order valence-corrected chi connectivity index (χ2v) is 12.2. The molecule has 0 spiro atoms. The van der Waals surface area contributed by atoms with Crippen LogP contribution in [-0.2, 0) is 10.0 Å². The number of aliphatic imine (C=N–C) groups is 1. The minimum Gasteiger partial charge on any atom is -0.370 e. The molecule has 1 aliphatic rings. The Morgan fingerprint density at radius 1 is 0.974 bits per heavy atom. The zero-order valence-corrected chi connectivity index (χ0v) is 23.5. The summed E-state index contributed by atoms with van der Waals surface area (Å²) >= 11 is 12.1. The van der Waals surface area contributed by atoms with Crippen LogP contribution in [0.15, 0.2) is 98.2 Å². The number of halogens is 2. The normalized spacial score (nSPS) is 16.9. The van der Waals surface area contributed by atoms with E-state index in [9.17, 15) is 8.42 Å². The van der Waals surface area contributed by atoms with Crippen molar-refractivity contribution in [2.45, 2.75) is 37.1 Å². The molecule has 1 heterocycles. The second kappa shape index (κ2) is 11.1. The van der Waals surface area contributed by atoms with Crippen LogP contribution in [0.3, 0.4) is 0 Å². The molecule has 8 nitrogen and oxygen atoms in total. The minimum atomic E-state index is -4.14. The molecule has 38 heavy (non-hydrogen) atoms. The van der Waals surface area contributed by atoms with Crippen molar-refractivity contribution < 1.29 is 8.42 Å². The molecule has 0 radical (unpaired) electrons. The van der Waals surface area contributed by atoms with Crippen LogP contribution in [0.25, 0.3) is 0 Å². The quantitative estimate of drug-likeness (QED) is 0.329. The number of nitrogens with zero attached hydrogens (tertiary/aromatic N) is 4. The van der Waals surface area contributed by atoms with Crippen molar-refractivity contribution in [3.05, 3.63) is 100 Å². The SMILES string of the molecule is CC(C)(C)N=C(N)N/C(=N/S(=O)(=O)c1ccc(Cl)cc1)N1CC(c2ccccc2)C(c2ccc(Cl)cc2)=N1. The first-order valence-corrected chi connectivity index (χ1v) is 14.0. The van der Waals surface area contributed by atoms with E-state index in [4.69, 9.17) is 34.0 Å². The molecule has 198 valence electrons. The maximum atomic E-state index is 13.3. The maximum Gasteiger partial charge on any atom is 0.285 e. The molecular formula is C27H28Cl2N6O2S. The number of guanidine groups is 2. The van der Waals surface area contributed by atoms with Crippen molar-refractivity contribution in [3.63, 3.8) is 0 Å². The van der Waals surface area contributed by atoms with Gasteiger partial charge in [0.25, 0.3) is 10.0 Å². The lowest BCUT2D eigenvalue weighted by Gasteiger charge is -2.21. The average molecular weight is 572 g/mol. The van der Waals surface area contributed by atoms with Gasteiger partial charge in [-0.05, 0) is 68.3 Å². The van der Waals surface area contributed by atoms with Gasteiger partial charge in [-0.2, -0.15) is 13.5 Å². The highest BCUT2D eigenvalue weighted by Gasteiger charge is 2.33. The fourth-order valence-electron chi connectivity index (χ4n) is 3.87. The molecule has 0 bridgehead atoms. The predicted octanol–water partition coefficient (Wildman–Crippen LogP) is 5.24. The zero-order valence-electron chi connectivity index (χ0n) is 21.1. The zero-order chi connectivity index (χ0) is 27.5. The molecule has 0 fully saturated rings. The molecule has 1 unspecified atom stereocenters. The van der Waals surface area contributed by atoms with Crippen molar-refractivity contribution in [1.29, 1.82) is 0 Å². The topological polar surface area (TPSA) is 113 Å². The first-order valence-electron chi connectivity index (χ1n) is 11.8. The van der Waals surface area contributed by atoms with Crippen LogP contribution in [0.2, 0.25) is 10.0 Å². The smallest absolute Gasteiger partial charge is 0.285 e. The predicted molar refractivity (Wildman–Crippen MR) is 154 cm³/mol. The number of benzene rings is 3. The first kappa shape index (κ1) is 27.6. The Bertz CT molecular complexity index is 1480. The van der Waals surface area contributed by atoms with Crippen molar-refractivity contribution in [1.82, 2.24) is 10.3 Å². The first-order chi connectivity index (χ1) is 17.9. The molecule has 0 saturated heterocycles. The molecule has 1 aliphatic heterocycles. The van der Waals surface area contributed by atoms with Gasteiger partial charge in [-0.3, -0.25) is 5.32 Å². The minimum absolute atomic E-state index is 0.00830. The van der Waals surface area contributed by atoms with Gasteiger partial charge < -0.3 is 5.73 Å². The Morgan fingerprint density at radius 2 is 1.55 bits per heavy atom. The van der Waals surface area contributed by atoms with Gasteiger partial charge in [0.05, 0.1) is 22.7 Å². The van der Waals surface area contributed by atoms with E-state index in [0.717, 1.165) is 16.8 Å². The van der Waals surface area contributed by atoms with Gasteiger partial charge in [-0.1, -0.05) is 65.7 Å². The Morgan fingerprint density at radius 3 is 2.13 bits per heavy atom. The van der Waals surface area contributed by atoms with Crippen LogP contribution in [0.4, 0.5) is 0 Å². The summed E-state index contributed by atoms with van der Waals surface area (Å²) in [6.07, 6.45) is 0. The van der Waals surface area contributed by atoms with Crippen LogP contribution in [0, 0.1) is 0 Å². The van der Waals surface area contributed by atoms with E-state index >= 15 is 0 Å². The van der Waals surface area contributed by atoms with E-state index in [-0.39, 0.29) is 22.7 Å². The van der Waals surface area contributed by atoms with Gasteiger partial charge >= 0.3 is 0 Å². The summed E-state index contributed by atoms with van der Waals surface area (Å²) in [5.74, 6) is -0.243. The number of hydrazone groups is 1. The lowest BCUT2D eigenvalue weighted by molar-refractivity contribution is 0.463. The Hall–Kier alpha value is -3.40. The molecule has 3 aromatic rings. The van der Waals surface area contributed by atoms with Gasteiger partial charge in [0.1, 0.15) is 0 Å². The molecule has 11 heteroatoms. The molecule has 0 aliphatic carbocycles. The number of rotatable bonds is 4. The van der Waals surface area contributed by atoms with Crippen LogP contribution in [-0.4, -0.2) is 43.1 Å². The fourth-order valence-corrected chi connectivity index (χ4v) is 5.08. The van der Waals surface area contributed by atoms with Gasteiger partial charge in [0, 0.05) is 16.0 Å². The second-order valence-electron chi connectivity index (χ2n) is 9.67. The lowest BCUT2D eigenvalue weighted by Crippen LogP contribution is -2.46. The molecular weight excluding hydrogens is 543 g/mol. The average Bonchev–Trinajstić information content (AvgIpc) is 3.29. The maximum absolute atomic E-state index is 13.3. The summed E-state index contributed by atoms with van der Waals surface area (Å²) in [4.78, 5) is 4.38. The third-order valence-corrected chi connectivity index (χ3v) is 7.30. The summed E-state index contributed by atoms with van der Waals surface area (Å²) in [5, 5.41) is 10.2. The molecule has 0 saturated carbocycles. The lowest BCUT2D eigenvalue weighted by atomic mass is 9.91. The van der Waals surface area contributed by atoms with Crippen molar-refractivity contribution >= 4 is 50.9 Å². The van der Waals surface area contributed by atoms with E-state index in [1.807, 2.05) is 63.2 Å². The molecule has 0 amide bonds. The summed E-state index contributed by atoms with van der Waals surface area (Å²) < 4.78 is 30.7. The van der Waals surface area contributed by atoms with E-state index in [0.29, 0.717) is 16.6 Å². The standard InChI is InChI=1S/C27H28Cl2N6O2S/c1-27(2,3)32-25(30)31-26(34-38(36,37)22-15-13-21(29)14-16-22)35-17-23(18-7-5-4-6-8-18)24(33-35)19-9-11-20(28)12-10-19/h4-16,23H,17H2,1-3H3,(H3,30,31,32,34). The van der Waals surface area contributed by atoms with E-state index in [1.165, 1.54) is 29.3 Å². The Labute approximate surface area is 232 Å². The van der Waals surface area contributed by atoms with Gasteiger partial charge in [0.2, 0.25) is 5.96 Å². The third-order valence-electron chi connectivity index (χ3n) is 5.51. The molecule has 1 atom stereocenters. The number of nitrogens with two attached hydrogens (primary N) is 1. The summed E-state index contributed by atoms with van der Waals surface area (Å²) in [5.41, 5.74) is 8.26. The number of hydrogen-bond acceptors (Lipinski definition) is 4. The van der Waals surface area contributed by atoms with Gasteiger partial charge in [0.15, 0.2) is 5.96 Å². The van der Waals surface area contributed by atoms with Crippen molar-refractivity contribution in [2.24, 2.45) is 20.2 Å². The fraction of sp³-hybridized carbons (Fsp3) is 0.222. The largest absolute Gasteiger partial charge is 0.370 e. The Balaban J connectivity index is 1.81. The molecule has 4 rings (SSSR count). The van der Waals surface area contributed by atoms with Gasteiger partial charge in [-0.25, -0.2) is 10.0 Å². The molecule has 3 aromatic carbocycles. The summed E-state index contributed by atoms with van der Waals surface area (Å²) in [6, 6.07) is 22.9. The number of sulfonamides is 1. The van der Waals surface area contributed by atoms with Crippen molar-refractivity contribution in [2.75, 3.05) is 6.54 Å². The molecule has 3 N–H and O–H groups in total. The summed E-state index contributed by atoms with van der Waals surface area (Å²) in [6.45, 7) is 5.94. The van der Waals surface area contributed by atoms with Crippen LogP contribution in [0.5, 0.6) is 0 Å². The van der Waals surface area contributed by atoms with E-state index in [1.54, 1.807) is 12.1 Å². The number of hydrogen-bond donors (Lipinski definition) is 2. The highest BCUT2D eigenvalue weighted by Crippen LogP contribution is 2.30. The monoisotopic (exact) mass is 570 g/mol. The Kier molecular flexibility index (Phi) is 8.10. The molecule has 0 aromatic heterocycles. The van der Waals surface area contributed by atoms with Crippen LogP contribution < -0.4 is 11.1 Å². The third kappa shape index (κ3) is 6.92. The van der Waals surface area contributed by atoms with E-state index < -0.39 is 15.6 Å². The van der Waals surface area contributed by atoms with Gasteiger partial charge in [-0.15, -0.1) is 4.40 Å². The van der Waals surface area contributed by atoms with E-state index in [2.05, 4.69) is 14.7 Å². The highest BCUT2D eigenvalue weighted by molar-refractivity contribution is 7.90. The number of nitrogens with one attached hydrogen (secondary N) is 1. The summed E-state index contributed by atoms with van der Waals surface area (Å²) in [7, 11) is -4.14. The highest BCUT2D eigenvalue weighted by atomic mass is 35.5.